The maximum absolute atomic E-state index is 12.4. The highest BCUT2D eigenvalue weighted by molar-refractivity contribution is 7.07. The Hall–Kier alpha value is -1.57. The standard InChI is InChI=1S/C19H26N4O2S/c24-18(17-12-26-13-20-17)11-22-7-5-14(6-8-22)10-23-19(25)9-15-3-1-2-4-16(15)21-23/h9,12-14,18,24H,1-8,10-11H2. The van der Waals surface area contributed by atoms with Crippen molar-refractivity contribution in [1.29, 1.82) is 0 Å². The van der Waals surface area contributed by atoms with Crippen molar-refractivity contribution in [2.24, 2.45) is 5.92 Å². The number of hydrogen-bond acceptors (Lipinski definition) is 6. The van der Waals surface area contributed by atoms with Gasteiger partial charge in [0.1, 0.15) is 6.10 Å². The molecule has 0 bridgehead atoms. The quantitative estimate of drug-likeness (QED) is 0.867. The van der Waals surface area contributed by atoms with Crippen molar-refractivity contribution >= 4 is 11.3 Å². The molecule has 2 aromatic rings. The van der Waals surface area contributed by atoms with Gasteiger partial charge in [-0.25, -0.2) is 9.67 Å². The van der Waals surface area contributed by atoms with E-state index in [1.165, 1.54) is 24.2 Å². The second-order valence-electron chi connectivity index (χ2n) is 7.52. The summed E-state index contributed by atoms with van der Waals surface area (Å²) < 4.78 is 1.69. The van der Waals surface area contributed by atoms with E-state index in [1.807, 2.05) is 5.38 Å². The van der Waals surface area contributed by atoms with Crippen LogP contribution in [-0.4, -0.2) is 44.4 Å². The van der Waals surface area contributed by atoms with E-state index in [0.717, 1.165) is 55.7 Å². The number of thiazole rings is 1. The number of piperidine rings is 1. The molecular weight excluding hydrogens is 348 g/mol. The van der Waals surface area contributed by atoms with Gasteiger partial charge in [-0.05, 0) is 63.1 Å². The Kier molecular flexibility index (Phi) is 5.47. The predicted octanol–water partition coefficient (Wildman–Crippen LogP) is 2.02. The number of β-amino-alcohol motifs (C(OH)–C–C–N with tert-alkyl or cyclic N) is 1. The normalized spacial score (nSPS) is 20.0. The molecule has 1 fully saturated rings. The molecule has 26 heavy (non-hydrogen) atoms. The number of fused-ring (bicyclic) bond motifs is 1. The van der Waals surface area contributed by atoms with Crippen LogP contribution in [0.3, 0.4) is 0 Å². The molecule has 1 saturated heterocycles. The Bertz CT molecular complexity index is 781. The van der Waals surface area contributed by atoms with Gasteiger partial charge in [0.2, 0.25) is 0 Å². The van der Waals surface area contributed by atoms with Crippen molar-refractivity contribution < 1.29 is 5.11 Å². The molecule has 4 rings (SSSR count). The fourth-order valence-corrected chi connectivity index (χ4v) is 4.65. The van der Waals surface area contributed by atoms with Gasteiger partial charge in [-0.1, -0.05) is 0 Å². The fourth-order valence-electron chi connectivity index (χ4n) is 4.05. The zero-order chi connectivity index (χ0) is 17.9. The van der Waals surface area contributed by atoms with Gasteiger partial charge >= 0.3 is 0 Å². The number of aliphatic hydroxyl groups excluding tert-OH is 1. The number of hydrogen-bond donors (Lipinski definition) is 1. The van der Waals surface area contributed by atoms with E-state index in [9.17, 15) is 9.90 Å². The van der Waals surface area contributed by atoms with Crippen molar-refractivity contribution in [3.63, 3.8) is 0 Å². The number of nitrogens with zero attached hydrogens (tertiary/aromatic N) is 4. The van der Waals surface area contributed by atoms with Gasteiger partial charge in [0, 0.05) is 24.5 Å². The summed E-state index contributed by atoms with van der Waals surface area (Å²) in [6, 6.07) is 1.81. The first-order valence-electron chi connectivity index (χ1n) is 9.57. The molecule has 0 aromatic carbocycles. The summed E-state index contributed by atoms with van der Waals surface area (Å²) in [6.45, 7) is 3.25. The van der Waals surface area contributed by atoms with E-state index >= 15 is 0 Å². The van der Waals surface area contributed by atoms with E-state index in [0.29, 0.717) is 19.0 Å². The molecule has 0 saturated carbocycles. The van der Waals surface area contributed by atoms with Gasteiger partial charge in [0.05, 0.1) is 16.9 Å². The van der Waals surface area contributed by atoms with Crippen LogP contribution in [0.1, 0.15) is 48.7 Å². The summed E-state index contributed by atoms with van der Waals surface area (Å²) in [7, 11) is 0. The summed E-state index contributed by atoms with van der Waals surface area (Å²) in [5, 5.41) is 16.8. The largest absolute Gasteiger partial charge is 0.385 e. The minimum Gasteiger partial charge on any atom is -0.385 e. The molecule has 1 atom stereocenters. The third-order valence-corrected chi connectivity index (χ3v) is 6.24. The van der Waals surface area contributed by atoms with Gasteiger partial charge in [0.15, 0.2) is 0 Å². The first-order valence-corrected chi connectivity index (χ1v) is 10.5. The molecule has 1 unspecified atom stereocenters. The third kappa shape index (κ3) is 4.05. The summed E-state index contributed by atoms with van der Waals surface area (Å²) in [5.41, 5.74) is 4.85. The lowest BCUT2D eigenvalue weighted by Gasteiger charge is -2.33. The Labute approximate surface area is 157 Å². The van der Waals surface area contributed by atoms with Crippen LogP contribution in [0.15, 0.2) is 21.8 Å². The summed E-state index contributed by atoms with van der Waals surface area (Å²) in [6.07, 6.45) is 5.91. The Morgan fingerprint density at radius 3 is 2.85 bits per heavy atom. The van der Waals surface area contributed by atoms with Gasteiger partial charge in [-0.3, -0.25) is 4.79 Å². The van der Waals surface area contributed by atoms with E-state index in [4.69, 9.17) is 0 Å². The highest BCUT2D eigenvalue weighted by atomic mass is 32.1. The number of likely N-dealkylation sites (tertiary alicyclic amines) is 1. The van der Waals surface area contributed by atoms with E-state index in [2.05, 4.69) is 15.0 Å². The molecule has 0 radical (unpaired) electrons. The Morgan fingerprint density at radius 2 is 2.08 bits per heavy atom. The lowest BCUT2D eigenvalue weighted by Crippen LogP contribution is -2.39. The molecule has 2 aromatic heterocycles. The monoisotopic (exact) mass is 374 g/mol. The zero-order valence-electron chi connectivity index (χ0n) is 15.0. The van der Waals surface area contributed by atoms with Crippen LogP contribution < -0.4 is 5.56 Å². The summed E-state index contributed by atoms with van der Waals surface area (Å²) in [4.78, 5) is 18.8. The van der Waals surface area contributed by atoms with E-state index < -0.39 is 6.10 Å². The van der Waals surface area contributed by atoms with Crippen LogP contribution in [0.5, 0.6) is 0 Å². The van der Waals surface area contributed by atoms with Gasteiger partial charge < -0.3 is 10.0 Å². The molecular formula is C19H26N4O2S. The molecule has 1 N–H and O–H groups in total. The number of rotatable bonds is 5. The van der Waals surface area contributed by atoms with Crippen molar-refractivity contribution in [3.05, 3.63) is 44.3 Å². The smallest absolute Gasteiger partial charge is 0.267 e. The molecule has 6 nitrogen and oxygen atoms in total. The zero-order valence-corrected chi connectivity index (χ0v) is 15.8. The lowest BCUT2D eigenvalue weighted by atomic mass is 9.95. The minimum atomic E-state index is -0.511. The van der Waals surface area contributed by atoms with Crippen molar-refractivity contribution in [2.75, 3.05) is 19.6 Å². The number of aliphatic hydroxyl groups is 1. The third-order valence-electron chi connectivity index (χ3n) is 5.64. The van der Waals surface area contributed by atoms with Crippen LogP contribution in [-0.2, 0) is 19.4 Å². The highest BCUT2D eigenvalue weighted by Crippen LogP contribution is 2.22. The molecule has 2 aliphatic rings. The molecule has 140 valence electrons. The average Bonchev–Trinajstić information content (AvgIpc) is 3.19. The second-order valence-corrected chi connectivity index (χ2v) is 8.24. The van der Waals surface area contributed by atoms with Gasteiger partial charge in [-0.2, -0.15) is 5.10 Å². The van der Waals surface area contributed by atoms with Crippen LogP contribution >= 0.6 is 11.3 Å². The Balaban J connectivity index is 1.32. The first kappa shape index (κ1) is 17.8. The molecule has 0 amide bonds. The van der Waals surface area contributed by atoms with Crippen molar-refractivity contribution in [2.45, 2.75) is 51.2 Å². The number of aryl methyl sites for hydroxylation is 2. The summed E-state index contributed by atoms with van der Waals surface area (Å²) in [5.74, 6) is 0.481. The average molecular weight is 375 g/mol. The first-order chi connectivity index (χ1) is 12.7. The minimum absolute atomic E-state index is 0.0482. The van der Waals surface area contributed by atoms with Crippen LogP contribution in [0.2, 0.25) is 0 Å². The maximum Gasteiger partial charge on any atom is 0.267 e. The summed E-state index contributed by atoms with van der Waals surface area (Å²) >= 11 is 1.51. The topological polar surface area (TPSA) is 71.2 Å². The van der Waals surface area contributed by atoms with E-state index in [-0.39, 0.29) is 5.56 Å². The molecule has 1 aliphatic carbocycles. The Morgan fingerprint density at radius 1 is 1.27 bits per heavy atom. The number of aromatic nitrogens is 3. The van der Waals surface area contributed by atoms with E-state index in [1.54, 1.807) is 16.3 Å². The molecule has 1 aliphatic heterocycles. The van der Waals surface area contributed by atoms with Crippen molar-refractivity contribution in [3.8, 4) is 0 Å². The van der Waals surface area contributed by atoms with Crippen molar-refractivity contribution in [1.82, 2.24) is 19.7 Å². The van der Waals surface area contributed by atoms with Gasteiger partial charge in [-0.15, -0.1) is 11.3 Å². The van der Waals surface area contributed by atoms with Crippen LogP contribution in [0, 0.1) is 5.92 Å². The fraction of sp³-hybridized carbons (Fsp3) is 0.632. The van der Waals surface area contributed by atoms with Crippen LogP contribution in [0.4, 0.5) is 0 Å². The molecule has 0 spiro atoms. The predicted molar refractivity (Wildman–Crippen MR) is 101 cm³/mol. The highest BCUT2D eigenvalue weighted by Gasteiger charge is 2.23. The molecule has 3 heterocycles. The van der Waals surface area contributed by atoms with Gasteiger partial charge in [0.25, 0.3) is 5.56 Å². The maximum atomic E-state index is 12.4. The molecule has 7 heteroatoms. The second kappa shape index (κ2) is 7.98. The lowest BCUT2D eigenvalue weighted by molar-refractivity contribution is 0.0836. The SMILES string of the molecule is O=c1cc2c(nn1CC1CCN(CC(O)c3cscn3)CC1)CCCC2. The van der Waals surface area contributed by atoms with Crippen LogP contribution in [0.25, 0.3) is 0 Å².